The van der Waals surface area contributed by atoms with Gasteiger partial charge in [-0.05, 0) is 73.9 Å². The number of sulfonamides is 1. The van der Waals surface area contributed by atoms with Crippen LogP contribution < -0.4 is 20.3 Å². The highest BCUT2D eigenvalue weighted by Gasteiger charge is 2.24. The lowest BCUT2D eigenvalue weighted by Gasteiger charge is -2.31. The highest BCUT2D eigenvalue weighted by atomic mass is 32.2. The van der Waals surface area contributed by atoms with Crippen LogP contribution in [0.1, 0.15) is 33.1 Å². The Balaban J connectivity index is 1.89. The first-order valence-electron chi connectivity index (χ1n) is 11.0. The van der Waals surface area contributed by atoms with Crippen LogP contribution in [0.2, 0.25) is 0 Å². The minimum atomic E-state index is -3.58. The quantitative estimate of drug-likeness (QED) is 0.543. The van der Waals surface area contributed by atoms with Gasteiger partial charge in [-0.3, -0.25) is 0 Å². The third kappa shape index (κ3) is 5.70. The molecule has 0 amide bonds. The van der Waals surface area contributed by atoms with Crippen molar-refractivity contribution in [2.24, 2.45) is 0 Å². The Bertz CT molecular complexity index is 1020. The van der Waals surface area contributed by atoms with E-state index < -0.39 is 10.0 Å². The average molecular weight is 477 g/mol. The maximum atomic E-state index is 13.1. The van der Waals surface area contributed by atoms with Crippen LogP contribution in [0.25, 0.3) is 0 Å². The number of ether oxygens (including phenoxy) is 1. The fraction of sp³-hybridized carbons (Fsp3) is 0.435. The van der Waals surface area contributed by atoms with E-state index in [0.717, 1.165) is 43.1 Å². The smallest absolute Gasteiger partial charge is 0.243 e. The van der Waals surface area contributed by atoms with Crippen molar-refractivity contribution in [3.05, 3.63) is 42.5 Å². The number of methoxy groups -OCH3 is 1. The molecular weight excluding hydrogens is 444 g/mol. The highest BCUT2D eigenvalue weighted by molar-refractivity contribution is 7.89. The number of hydrogen-bond donors (Lipinski definition) is 2. The summed E-state index contributed by atoms with van der Waals surface area (Å²) in [6.07, 6.45) is 3.45. The van der Waals surface area contributed by atoms with Crippen molar-refractivity contribution >= 4 is 44.4 Å². The molecule has 0 bridgehead atoms. The molecule has 7 nitrogen and oxygen atoms in total. The van der Waals surface area contributed by atoms with Gasteiger partial charge in [-0.15, -0.1) is 0 Å². The molecule has 1 fully saturated rings. The molecule has 32 heavy (non-hydrogen) atoms. The molecule has 2 aromatic carbocycles. The molecule has 174 valence electrons. The van der Waals surface area contributed by atoms with Crippen molar-refractivity contribution in [3.8, 4) is 5.75 Å². The number of nitrogens with zero attached hydrogens (tertiary/aromatic N) is 2. The molecule has 0 atom stereocenters. The molecular formula is C23H32N4O3S2. The molecule has 0 aliphatic carbocycles. The normalized spacial score (nSPS) is 14.3. The zero-order valence-electron chi connectivity index (χ0n) is 18.9. The van der Waals surface area contributed by atoms with E-state index in [1.165, 1.54) is 10.7 Å². The Morgan fingerprint density at radius 1 is 1.03 bits per heavy atom. The van der Waals surface area contributed by atoms with E-state index in [2.05, 4.69) is 15.5 Å². The molecule has 1 aliphatic heterocycles. The van der Waals surface area contributed by atoms with Gasteiger partial charge >= 0.3 is 0 Å². The van der Waals surface area contributed by atoms with Gasteiger partial charge in [0.25, 0.3) is 0 Å². The van der Waals surface area contributed by atoms with Gasteiger partial charge in [-0.25, -0.2) is 8.42 Å². The minimum absolute atomic E-state index is 0.261. The fourth-order valence-corrected chi connectivity index (χ4v) is 5.57. The predicted octanol–water partition coefficient (Wildman–Crippen LogP) is 4.52. The number of anilines is 3. The van der Waals surface area contributed by atoms with E-state index in [9.17, 15) is 8.42 Å². The third-order valence-corrected chi connectivity index (χ3v) is 7.85. The SMILES string of the molecule is CCN(CC)S(=O)(=O)c1ccc(N2CCCCC2)c(NC(=S)Nc2ccc(OC)cc2)c1. The van der Waals surface area contributed by atoms with Gasteiger partial charge in [0.1, 0.15) is 5.75 Å². The van der Waals surface area contributed by atoms with Crippen LogP contribution in [0.5, 0.6) is 5.75 Å². The number of benzene rings is 2. The summed E-state index contributed by atoms with van der Waals surface area (Å²) in [6.45, 7) is 6.41. The largest absolute Gasteiger partial charge is 0.497 e. The van der Waals surface area contributed by atoms with E-state index >= 15 is 0 Å². The number of thiocarbonyl (C=S) groups is 1. The monoisotopic (exact) mass is 476 g/mol. The van der Waals surface area contributed by atoms with Crippen LogP contribution in [0.3, 0.4) is 0 Å². The second-order valence-electron chi connectivity index (χ2n) is 7.62. The van der Waals surface area contributed by atoms with Crippen LogP contribution in [-0.2, 0) is 10.0 Å². The van der Waals surface area contributed by atoms with E-state index in [1.807, 2.05) is 44.2 Å². The molecule has 2 N–H and O–H groups in total. The second kappa shape index (κ2) is 11.0. The summed E-state index contributed by atoms with van der Waals surface area (Å²) in [5, 5.41) is 6.79. The van der Waals surface area contributed by atoms with Gasteiger partial charge in [-0.2, -0.15) is 4.31 Å². The molecule has 1 saturated heterocycles. The second-order valence-corrected chi connectivity index (χ2v) is 9.97. The van der Waals surface area contributed by atoms with Crippen molar-refractivity contribution in [1.29, 1.82) is 0 Å². The third-order valence-electron chi connectivity index (χ3n) is 5.60. The van der Waals surface area contributed by atoms with Crippen LogP contribution in [-0.4, -0.2) is 51.1 Å². The molecule has 3 rings (SSSR count). The number of piperidine rings is 1. The summed E-state index contributed by atoms with van der Waals surface area (Å²) < 4.78 is 32.8. The number of nitrogens with one attached hydrogen (secondary N) is 2. The van der Waals surface area contributed by atoms with E-state index in [0.29, 0.717) is 23.9 Å². The number of rotatable bonds is 8. The van der Waals surface area contributed by atoms with Gasteiger partial charge in [0.2, 0.25) is 10.0 Å². The molecule has 2 aromatic rings. The first-order valence-corrected chi connectivity index (χ1v) is 12.8. The Labute approximate surface area is 196 Å². The topological polar surface area (TPSA) is 73.9 Å². The Hall–Kier alpha value is -2.36. The van der Waals surface area contributed by atoms with Crippen LogP contribution in [0, 0.1) is 0 Å². The summed E-state index contributed by atoms with van der Waals surface area (Å²) >= 11 is 5.54. The van der Waals surface area contributed by atoms with Crippen LogP contribution in [0.4, 0.5) is 17.1 Å². The first kappa shape index (κ1) is 24.3. The van der Waals surface area contributed by atoms with E-state index in [1.54, 1.807) is 19.2 Å². The van der Waals surface area contributed by atoms with Crippen LogP contribution in [0.15, 0.2) is 47.4 Å². The highest BCUT2D eigenvalue weighted by Crippen LogP contribution is 2.32. The molecule has 0 aromatic heterocycles. The zero-order valence-corrected chi connectivity index (χ0v) is 20.6. The van der Waals surface area contributed by atoms with E-state index in [-0.39, 0.29) is 4.90 Å². The maximum absolute atomic E-state index is 13.1. The van der Waals surface area contributed by atoms with Gasteiger partial charge < -0.3 is 20.3 Å². The summed E-state index contributed by atoms with van der Waals surface area (Å²) in [5.74, 6) is 0.760. The van der Waals surface area contributed by atoms with Crippen molar-refractivity contribution < 1.29 is 13.2 Å². The Morgan fingerprint density at radius 3 is 2.28 bits per heavy atom. The van der Waals surface area contributed by atoms with Crippen molar-refractivity contribution in [2.45, 2.75) is 38.0 Å². The van der Waals surface area contributed by atoms with Crippen molar-refractivity contribution in [3.63, 3.8) is 0 Å². The lowest BCUT2D eigenvalue weighted by Crippen LogP contribution is -2.32. The predicted molar refractivity (Wildman–Crippen MR) is 135 cm³/mol. The molecule has 9 heteroatoms. The summed E-state index contributed by atoms with van der Waals surface area (Å²) in [6, 6.07) is 12.7. The molecule has 1 aliphatic rings. The standard InChI is InChI=1S/C23H32N4O3S2/c1-4-27(5-2)32(28,29)20-13-14-22(26-15-7-6-8-16-26)21(17-20)25-23(31)24-18-9-11-19(30-3)12-10-18/h9-14,17H,4-8,15-16H2,1-3H3,(H2,24,25,31). The summed E-state index contributed by atoms with van der Waals surface area (Å²) in [7, 11) is -1.96. The van der Waals surface area contributed by atoms with E-state index in [4.69, 9.17) is 17.0 Å². The molecule has 0 unspecified atom stereocenters. The Morgan fingerprint density at radius 2 is 1.69 bits per heavy atom. The van der Waals surface area contributed by atoms with Gasteiger partial charge in [0.05, 0.1) is 23.4 Å². The van der Waals surface area contributed by atoms with Crippen LogP contribution >= 0.6 is 12.2 Å². The van der Waals surface area contributed by atoms with Gasteiger partial charge in [0, 0.05) is 31.9 Å². The minimum Gasteiger partial charge on any atom is -0.497 e. The molecule has 1 heterocycles. The van der Waals surface area contributed by atoms with Gasteiger partial charge in [-0.1, -0.05) is 13.8 Å². The first-order chi connectivity index (χ1) is 15.4. The lowest BCUT2D eigenvalue weighted by molar-refractivity contribution is 0.415. The maximum Gasteiger partial charge on any atom is 0.243 e. The fourth-order valence-electron chi connectivity index (χ4n) is 3.86. The molecule has 0 saturated carbocycles. The van der Waals surface area contributed by atoms with Crippen molar-refractivity contribution in [1.82, 2.24) is 4.31 Å². The Kier molecular flexibility index (Phi) is 8.33. The van der Waals surface area contributed by atoms with Crippen molar-refractivity contribution in [2.75, 3.05) is 48.8 Å². The molecule has 0 radical (unpaired) electrons. The average Bonchev–Trinajstić information content (AvgIpc) is 2.80. The lowest BCUT2D eigenvalue weighted by atomic mass is 10.1. The molecule has 0 spiro atoms. The number of hydrogen-bond acceptors (Lipinski definition) is 5. The summed E-state index contributed by atoms with van der Waals surface area (Å²) in [4.78, 5) is 2.55. The van der Waals surface area contributed by atoms with Gasteiger partial charge in [0.15, 0.2) is 5.11 Å². The summed E-state index contributed by atoms with van der Waals surface area (Å²) in [5.41, 5.74) is 2.46. The zero-order chi connectivity index (χ0) is 23.1.